The van der Waals surface area contributed by atoms with E-state index in [1.807, 2.05) is 24.3 Å². The Balaban J connectivity index is 1.62. The second kappa shape index (κ2) is 8.21. The van der Waals surface area contributed by atoms with Crippen molar-refractivity contribution < 1.29 is 12.9 Å². The van der Waals surface area contributed by atoms with Gasteiger partial charge in [-0.2, -0.15) is 4.98 Å². The van der Waals surface area contributed by atoms with Crippen molar-refractivity contribution in [2.75, 3.05) is 0 Å². The first-order chi connectivity index (χ1) is 12.8. The zero-order valence-electron chi connectivity index (χ0n) is 15.0. The van der Waals surface area contributed by atoms with Crippen molar-refractivity contribution in [1.29, 1.82) is 0 Å². The van der Waals surface area contributed by atoms with E-state index < -0.39 is 10.0 Å². The predicted octanol–water partition coefficient (Wildman–Crippen LogP) is 4.13. The smallest absolute Gasteiger partial charge is 0.242 e. The summed E-state index contributed by atoms with van der Waals surface area (Å²) >= 11 is 5.81. The third-order valence-corrected chi connectivity index (χ3v) is 5.57. The third-order valence-electron chi connectivity index (χ3n) is 4.02. The number of hydrogen-bond donors (Lipinski definition) is 1. The molecule has 0 aliphatic rings. The van der Waals surface area contributed by atoms with Gasteiger partial charge in [0.2, 0.25) is 21.7 Å². The lowest BCUT2D eigenvalue weighted by Gasteiger charge is -2.05. The highest BCUT2D eigenvalue weighted by Crippen LogP contribution is 2.20. The number of nitrogens with zero attached hydrogens (tertiary/aromatic N) is 2. The van der Waals surface area contributed by atoms with Crippen molar-refractivity contribution in [3.05, 3.63) is 70.6 Å². The van der Waals surface area contributed by atoms with Gasteiger partial charge < -0.3 is 4.52 Å². The molecule has 0 aliphatic carbocycles. The van der Waals surface area contributed by atoms with Crippen LogP contribution in [0.15, 0.2) is 53.1 Å². The molecule has 0 fully saturated rings. The Labute approximate surface area is 163 Å². The Morgan fingerprint density at radius 1 is 1.07 bits per heavy atom. The Morgan fingerprint density at radius 2 is 1.74 bits per heavy atom. The van der Waals surface area contributed by atoms with Crippen LogP contribution in [0.2, 0.25) is 5.02 Å². The molecule has 0 saturated carbocycles. The van der Waals surface area contributed by atoms with Gasteiger partial charge in [-0.3, -0.25) is 0 Å². The molecule has 0 spiro atoms. The average molecular weight is 406 g/mol. The molecular weight excluding hydrogens is 386 g/mol. The van der Waals surface area contributed by atoms with Crippen molar-refractivity contribution >= 4 is 21.6 Å². The van der Waals surface area contributed by atoms with Crippen LogP contribution in [0.1, 0.15) is 36.8 Å². The molecule has 0 saturated heterocycles. The van der Waals surface area contributed by atoms with Crippen molar-refractivity contribution in [1.82, 2.24) is 14.9 Å². The predicted molar refractivity (Wildman–Crippen MR) is 105 cm³/mol. The summed E-state index contributed by atoms with van der Waals surface area (Å²) in [4.78, 5) is 4.25. The second-order valence-corrected chi connectivity index (χ2v) is 8.74. The van der Waals surface area contributed by atoms with Gasteiger partial charge in [-0.1, -0.05) is 67.0 Å². The van der Waals surface area contributed by atoms with Crippen molar-refractivity contribution in [2.45, 2.75) is 32.1 Å². The van der Waals surface area contributed by atoms with E-state index in [0.29, 0.717) is 22.3 Å². The molecule has 0 aliphatic heterocycles. The first-order valence-corrected chi connectivity index (χ1v) is 10.5. The van der Waals surface area contributed by atoms with Gasteiger partial charge in [0.15, 0.2) is 0 Å². The summed E-state index contributed by atoms with van der Waals surface area (Å²) in [5, 5.41) is 4.48. The van der Waals surface area contributed by atoms with E-state index in [2.05, 4.69) is 28.7 Å². The molecule has 0 unspecified atom stereocenters. The number of nitrogens with one attached hydrogen (secondary N) is 1. The van der Waals surface area contributed by atoms with Gasteiger partial charge in [0.1, 0.15) is 0 Å². The standard InChI is InChI=1S/C19H20ClN3O3S/c1-13(2)15-5-7-16(8-6-15)19-22-18(26-23-19)11-21-27(24,25)12-14-3-9-17(20)10-4-14/h3-10,13,21H,11-12H2,1-2H3. The first-order valence-electron chi connectivity index (χ1n) is 8.47. The number of benzene rings is 2. The van der Waals surface area contributed by atoms with Gasteiger partial charge in [-0.05, 0) is 29.2 Å². The van der Waals surface area contributed by atoms with Crippen LogP contribution < -0.4 is 4.72 Å². The number of halogens is 1. The van der Waals surface area contributed by atoms with E-state index >= 15 is 0 Å². The molecule has 8 heteroatoms. The van der Waals surface area contributed by atoms with Gasteiger partial charge in [0, 0.05) is 10.6 Å². The zero-order chi connectivity index (χ0) is 19.4. The number of hydrogen-bond acceptors (Lipinski definition) is 5. The second-order valence-electron chi connectivity index (χ2n) is 6.50. The van der Waals surface area contributed by atoms with Gasteiger partial charge in [-0.15, -0.1) is 0 Å². The maximum absolute atomic E-state index is 12.2. The van der Waals surface area contributed by atoms with Crippen LogP contribution in [0.5, 0.6) is 0 Å². The minimum atomic E-state index is -3.54. The van der Waals surface area contributed by atoms with Crippen molar-refractivity contribution in [2.24, 2.45) is 0 Å². The molecule has 1 N–H and O–H groups in total. The summed E-state index contributed by atoms with van der Waals surface area (Å²) in [6.45, 7) is 4.18. The zero-order valence-corrected chi connectivity index (χ0v) is 16.6. The van der Waals surface area contributed by atoms with E-state index in [9.17, 15) is 8.42 Å². The Bertz CT molecular complexity index is 997. The van der Waals surface area contributed by atoms with Gasteiger partial charge >= 0.3 is 0 Å². The minimum Gasteiger partial charge on any atom is -0.338 e. The third kappa shape index (κ3) is 5.38. The summed E-state index contributed by atoms with van der Waals surface area (Å²) < 4.78 is 32.0. The van der Waals surface area contributed by atoms with Gasteiger partial charge in [-0.25, -0.2) is 13.1 Å². The molecule has 0 atom stereocenters. The highest BCUT2D eigenvalue weighted by atomic mass is 35.5. The fraction of sp³-hybridized carbons (Fsp3) is 0.263. The van der Waals surface area contributed by atoms with E-state index in [1.165, 1.54) is 5.56 Å². The maximum atomic E-state index is 12.2. The SMILES string of the molecule is CC(C)c1ccc(-c2noc(CNS(=O)(=O)Cc3ccc(Cl)cc3)n2)cc1. The topological polar surface area (TPSA) is 85.1 Å². The molecular formula is C19H20ClN3O3S. The van der Waals surface area contributed by atoms with E-state index in [1.54, 1.807) is 24.3 Å². The van der Waals surface area contributed by atoms with Gasteiger partial charge in [0.25, 0.3) is 0 Å². The van der Waals surface area contributed by atoms with Crippen LogP contribution in [0.25, 0.3) is 11.4 Å². The molecule has 3 rings (SSSR count). The molecule has 1 aromatic heterocycles. The number of sulfonamides is 1. The molecule has 142 valence electrons. The number of aromatic nitrogens is 2. The summed E-state index contributed by atoms with van der Waals surface area (Å²) in [5.74, 6) is 0.923. The van der Waals surface area contributed by atoms with E-state index in [0.717, 1.165) is 5.56 Å². The van der Waals surface area contributed by atoms with Crippen LogP contribution in [-0.2, 0) is 22.3 Å². The lowest BCUT2D eigenvalue weighted by Crippen LogP contribution is -2.24. The fourth-order valence-corrected chi connectivity index (χ4v) is 3.69. The largest absolute Gasteiger partial charge is 0.338 e. The summed E-state index contributed by atoms with van der Waals surface area (Å²) in [6.07, 6.45) is 0. The molecule has 1 heterocycles. The maximum Gasteiger partial charge on any atom is 0.242 e. The Hall–Kier alpha value is -2.22. The average Bonchev–Trinajstić information content (AvgIpc) is 3.11. The number of rotatable bonds is 7. The minimum absolute atomic E-state index is 0.0625. The quantitative estimate of drug-likeness (QED) is 0.638. The monoisotopic (exact) mass is 405 g/mol. The summed E-state index contributed by atoms with van der Waals surface area (Å²) in [5.41, 5.74) is 2.68. The van der Waals surface area contributed by atoms with E-state index in [-0.39, 0.29) is 18.2 Å². The van der Waals surface area contributed by atoms with Gasteiger partial charge in [0.05, 0.1) is 12.3 Å². The molecule has 3 aromatic rings. The summed E-state index contributed by atoms with van der Waals surface area (Å²) in [7, 11) is -3.54. The molecule has 0 bridgehead atoms. The van der Waals surface area contributed by atoms with Crippen LogP contribution in [0.3, 0.4) is 0 Å². The van der Waals surface area contributed by atoms with E-state index in [4.69, 9.17) is 16.1 Å². The van der Waals surface area contributed by atoms with Crippen molar-refractivity contribution in [3.8, 4) is 11.4 Å². The highest BCUT2D eigenvalue weighted by Gasteiger charge is 2.15. The van der Waals surface area contributed by atoms with Crippen LogP contribution in [-0.4, -0.2) is 18.6 Å². The lowest BCUT2D eigenvalue weighted by molar-refractivity contribution is 0.376. The molecule has 27 heavy (non-hydrogen) atoms. The van der Waals surface area contributed by atoms with Crippen LogP contribution in [0.4, 0.5) is 0 Å². The Kier molecular flexibility index (Phi) is 5.94. The lowest BCUT2D eigenvalue weighted by atomic mass is 10.0. The van der Waals surface area contributed by atoms with Crippen LogP contribution in [0, 0.1) is 0 Å². The fourth-order valence-electron chi connectivity index (χ4n) is 2.48. The van der Waals surface area contributed by atoms with Crippen molar-refractivity contribution in [3.63, 3.8) is 0 Å². The normalized spacial score (nSPS) is 11.9. The Morgan fingerprint density at radius 3 is 2.37 bits per heavy atom. The molecule has 0 radical (unpaired) electrons. The molecule has 0 amide bonds. The highest BCUT2D eigenvalue weighted by molar-refractivity contribution is 7.88. The molecule has 6 nitrogen and oxygen atoms in total. The van der Waals surface area contributed by atoms with Crippen LogP contribution >= 0.6 is 11.6 Å². The molecule has 2 aromatic carbocycles. The first kappa shape index (κ1) is 19.5. The summed E-state index contributed by atoms with van der Waals surface area (Å²) in [6, 6.07) is 14.5.